The Morgan fingerprint density at radius 2 is 2.17 bits per heavy atom. The van der Waals surface area contributed by atoms with E-state index in [0.29, 0.717) is 6.04 Å². The van der Waals surface area contributed by atoms with Crippen LogP contribution in [0.1, 0.15) is 26.7 Å². The second kappa shape index (κ2) is 3.35. The van der Waals surface area contributed by atoms with Crippen molar-refractivity contribution in [3.05, 3.63) is 0 Å². The Labute approximate surface area is 74.9 Å². The van der Waals surface area contributed by atoms with Crippen LogP contribution in [0.2, 0.25) is 0 Å². The Kier molecular flexibility index (Phi) is 2.37. The predicted octanol–water partition coefficient (Wildman–Crippen LogP) is 1.51. The monoisotopic (exact) mass is 169 g/mol. The van der Waals surface area contributed by atoms with Crippen molar-refractivity contribution in [2.45, 2.75) is 38.8 Å². The normalized spacial score (nSPS) is 37.2. The van der Waals surface area contributed by atoms with E-state index in [4.69, 9.17) is 4.74 Å². The van der Waals surface area contributed by atoms with Crippen molar-refractivity contribution in [3.63, 3.8) is 0 Å². The average Bonchev–Trinajstić information content (AvgIpc) is 2.10. The van der Waals surface area contributed by atoms with Gasteiger partial charge in [-0.1, -0.05) is 0 Å². The smallest absolute Gasteiger partial charge is 0.0593 e. The fourth-order valence-electron chi connectivity index (χ4n) is 2.39. The molecule has 0 aromatic carbocycles. The molecule has 2 heteroatoms. The highest BCUT2D eigenvalue weighted by Gasteiger charge is 2.37. The Balaban J connectivity index is 2.00. The summed E-state index contributed by atoms with van der Waals surface area (Å²) >= 11 is 0. The van der Waals surface area contributed by atoms with Crippen molar-refractivity contribution in [3.8, 4) is 0 Å². The van der Waals surface area contributed by atoms with E-state index in [-0.39, 0.29) is 0 Å². The van der Waals surface area contributed by atoms with E-state index in [1.54, 1.807) is 0 Å². The summed E-state index contributed by atoms with van der Waals surface area (Å²) in [6.45, 7) is 7.67. The maximum absolute atomic E-state index is 5.57. The molecule has 2 unspecified atom stereocenters. The first kappa shape index (κ1) is 8.52. The van der Waals surface area contributed by atoms with Gasteiger partial charge in [0.05, 0.1) is 13.2 Å². The molecule has 0 aromatic rings. The number of hydrogen-bond acceptors (Lipinski definition) is 2. The molecule has 0 spiro atoms. The molecule has 2 aliphatic rings. The highest BCUT2D eigenvalue weighted by molar-refractivity contribution is 4.91. The Hall–Kier alpha value is -0.0800. The van der Waals surface area contributed by atoms with Crippen LogP contribution >= 0.6 is 0 Å². The van der Waals surface area contributed by atoms with E-state index < -0.39 is 0 Å². The van der Waals surface area contributed by atoms with Gasteiger partial charge < -0.3 is 4.74 Å². The van der Waals surface area contributed by atoms with Crippen molar-refractivity contribution < 1.29 is 4.74 Å². The molecule has 2 nitrogen and oxygen atoms in total. The molecule has 2 fully saturated rings. The molecule has 2 atom stereocenters. The molecular formula is C10H19NO. The average molecular weight is 169 g/mol. The third-order valence-corrected chi connectivity index (χ3v) is 3.29. The number of nitrogens with zero attached hydrogens (tertiary/aromatic N) is 1. The largest absolute Gasteiger partial charge is 0.380 e. The van der Waals surface area contributed by atoms with E-state index in [1.165, 1.54) is 12.8 Å². The van der Waals surface area contributed by atoms with E-state index in [1.807, 2.05) is 0 Å². The summed E-state index contributed by atoms with van der Waals surface area (Å²) in [4.78, 5) is 2.61. The summed E-state index contributed by atoms with van der Waals surface area (Å²) < 4.78 is 5.57. The molecule has 0 amide bonds. The molecule has 0 radical (unpaired) electrons. The Bertz CT molecular complexity index is 158. The van der Waals surface area contributed by atoms with Gasteiger partial charge in [0.15, 0.2) is 0 Å². The maximum atomic E-state index is 5.57. The first-order chi connectivity index (χ1) is 5.79. The lowest BCUT2D eigenvalue weighted by Crippen LogP contribution is -2.50. The lowest BCUT2D eigenvalue weighted by Gasteiger charge is -2.44. The minimum Gasteiger partial charge on any atom is -0.380 e. The van der Waals surface area contributed by atoms with Crippen LogP contribution in [0.25, 0.3) is 0 Å². The second-order valence-corrected chi connectivity index (χ2v) is 4.31. The molecule has 1 heterocycles. The molecule has 0 N–H and O–H groups in total. The van der Waals surface area contributed by atoms with E-state index in [0.717, 1.165) is 31.7 Å². The van der Waals surface area contributed by atoms with Crippen LogP contribution in [0.4, 0.5) is 0 Å². The minimum absolute atomic E-state index is 0.694. The van der Waals surface area contributed by atoms with Gasteiger partial charge in [-0.05, 0) is 32.6 Å². The summed E-state index contributed by atoms with van der Waals surface area (Å²) in [6, 6.07) is 1.53. The van der Waals surface area contributed by atoms with Crippen molar-refractivity contribution in [2.24, 2.45) is 5.92 Å². The first-order valence-corrected chi connectivity index (χ1v) is 5.12. The first-order valence-electron chi connectivity index (χ1n) is 5.12. The zero-order chi connectivity index (χ0) is 8.55. The van der Waals surface area contributed by atoms with Crippen LogP contribution in [0, 0.1) is 5.92 Å². The minimum atomic E-state index is 0.694. The maximum Gasteiger partial charge on any atom is 0.0593 e. The molecule has 0 bridgehead atoms. The number of ether oxygens (including phenoxy) is 1. The Morgan fingerprint density at radius 1 is 1.33 bits per heavy atom. The topological polar surface area (TPSA) is 12.5 Å². The summed E-state index contributed by atoms with van der Waals surface area (Å²) in [5.41, 5.74) is 0. The van der Waals surface area contributed by atoms with Gasteiger partial charge in [-0.15, -0.1) is 0 Å². The van der Waals surface area contributed by atoms with Crippen LogP contribution in [0.5, 0.6) is 0 Å². The van der Waals surface area contributed by atoms with Crippen LogP contribution in [0.3, 0.4) is 0 Å². The van der Waals surface area contributed by atoms with Gasteiger partial charge in [0.25, 0.3) is 0 Å². The summed E-state index contributed by atoms with van der Waals surface area (Å²) in [5, 5.41) is 0. The lowest BCUT2D eigenvalue weighted by molar-refractivity contribution is 0.0426. The number of hydrogen-bond donors (Lipinski definition) is 0. The molecule has 1 aliphatic heterocycles. The summed E-state index contributed by atoms with van der Waals surface area (Å²) in [6.07, 6.45) is 2.78. The van der Waals surface area contributed by atoms with Gasteiger partial charge in [0.2, 0.25) is 0 Å². The number of rotatable bonds is 1. The number of fused-ring (bicyclic) bond motifs is 1. The molecular weight excluding hydrogens is 150 g/mol. The molecule has 1 saturated heterocycles. The van der Waals surface area contributed by atoms with Crippen LogP contribution in [-0.2, 0) is 4.74 Å². The van der Waals surface area contributed by atoms with E-state index in [2.05, 4.69) is 18.7 Å². The van der Waals surface area contributed by atoms with Gasteiger partial charge in [-0.3, -0.25) is 4.90 Å². The lowest BCUT2D eigenvalue weighted by atomic mass is 9.79. The van der Waals surface area contributed by atoms with Gasteiger partial charge >= 0.3 is 0 Å². The summed E-state index contributed by atoms with van der Waals surface area (Å²) in [5.74, 6) is 0.842. The fraction of sp³-hybridized carbons (Fsp3) is 1.00. The van der Waals surface area contributed by atoms with E-state index >= 15 is 0 Å². The van der Waals surface area contributed by atoms with Crippen LogP contribution < -0.4 is 0 Å². The van der Waals surface area contributed by atoms with Gasteiger partial charge in [-0.25, -0.2) is 0 Å². The zero-order valence-corrected chi connectivity index (χ0v) is 8.12. The standard InChI is InChI=1S/C10H19NO/c1-8(2)11-5-6-12-7-9-3-4-10(9)11/h8-10H,3-7H2,1-2H3. The molecule has 70 valence electrons. The van der Waals surface area contributed by atoms with Crippen molar-refractivity contribution >= 4 is 0 Å². The van der Waals surface area contributed by atoms with Crippen molar-refractivity contribution in [2.75, 3.05) is 19.8 Å². The molecule has 12 heavy (non-hydrogen) atoms. The molecule has 0 aromatic heterocycles. The second-order valence-electron chi connectivity index (χ2n) is 4.31. The third kappa shape index (κ3) is 1.38. The predicted molar refractivity (Wildman–Crippen MR) is 49.2 cm³/mol. The summed E-state index contributed by atoms with van der Waals surface area (Å²) in [7, 11) is 0. The van der Waals surface area contributed by atoms with Gasteiger partial charge in [0.1, 0.15) is 0 Å². The highest BCUT2D eigenvalue weighted by Crippen LogP contribution is 2.34. The zero-order valence-electron chi connectivity index (χ0n) is 8.12. The highest BCUT2D eigenvalue weighted by atomic mass is 16.5. The van der Waals surface area contributed by atoms with Gasteiger partial charge in [-0.2, -0.15) is 0 Å². The van der Waals surface area contributed by atoms with Crippen LogP contribution in [-0.4, -0.2) is 36.7 Å². The third-order valence-electron chi connectivity index (χ3n) is 3.29. The van der Waals surface area contributed by atoms with Gasteiger partial charge in [0, 0.05) is 18.6 Å². The molecule has 1 saturated carbocycles. The van der Waals surface area contributed by atoms with E-state index in [9.17, 15) is 0 Å². The SMILES string of the molecule is CC(C)N1CCOCC2CCC21. The van der Waals surface area contributed by atoms with Crippen molar-refractivity contribution in [1.29, 1.82) is 0 Å². The van der Waals surface area contributed by atoms with Crippen LogP contribution in [0.15, 0.2) is 0 Å². The fourth-order valence-corrected chi connectivity index (χ4v) is 2.39. The van der Waals surface area contributed by atoms with Crippen molar-refractivity contribution in [1.82, 2.24) is 4.90 Å². The quantitative estimate of drug-likeness (QED) is 0.590. The molecule has 1 aliphatic carbocycles. The molecule has 2 rings (SSSR count). The Morgan fingerprint density at radius 3 is 2.75 bits per heavy atom.